The molecular formula is C16H16N2O3. The van der Waals surface area contributed by atoms with E-state index < -0.39 is 11.9 Å². The van der Waals surface area contributed by atoms with Gasteiger partial charge >= 0.3 is 5.97 Å². The first kappa shape index (κ1) is 14.6. The zero-order valence-corrected chi connectivity index (χ0v) is 11.6. The number of nitrogens with two attached hydrogens (primary N) is 2. The van der Waals surface area contributed by atoms with E-state index in [-0.39, 0.29) is 6.61 Å². The van der Waals surface area contributed by atoms with E-state index in [9.17, 15) is 9.59 Å². The summed E-state index contributed by atoms with van der Waals surface area (Å²) < 4.78 is 5.24. The lowest BCUT2D eigenvalue weighted by molar-refractivity contribution is 0.0469. The lowest BCUT2D eigenvalue weighted by Gasteiger charge is -2.10. The summed E-state index contributed by atoms with van der Waals surface area (Å²) in [5, 5.41) is 0. The highest BCUT2D eigenvalue weighted by Crippen LogP contribution is 2.17. The maximum absolute atomic E-state index is 12.1. The molecule has 108 valence electrons. The van der Waals surface area contributed by atoms with Gasteiger partial charge in [-0.3, -0.25) is 4.79 Å². The van der Waals surface area contributed by atoms with Crippen LogP contribution in [0, 0.1) is 6.92 Å². The molecule has 2 aromatic carbocycles. The summed E-state index contributed by atoms with van der Waals surface area (Å²) in [6.07, 6.45) is 0. The zero-order valence-electron chi connectivity index (χ0n) is 11.6. The lowest BCUT2D eigenvalue weighted by Crippen LogP contribution is -2.15. The number of anilines is 1. The van der Waals surface area contributed by atoms with Gasteiger partial charge in [-0.15, -0.1) is 0 Å². The van der Waals surface area contributed by atoms with Crippen molar-refractivity contribution in [1.29, 1.82) is 0 Å². The number of amides is 1. The molecule has 0 fully saturated rings. The molecule has 0 saturated carbocycles. The Morgan fingerprint density at radius 2 is 1.71 bits per heavy atom. The van der Waals surface area contributed by atoms with Crippen LogP contribution in [-0.2, 0) is 11.3 Å². The SMILES string of the molecule is Cc1c(N)cccc1C(=O)OCc1ccccc1C(N)=O. The molecule has 0 saturated heterocycles. The van der Waals surface area contributed by atoms with E-state index in [0.29, 0.717) is 27.9 Å². The first-order valence-corrected chi connectivity index (χ1v) is 6.40. The highest BCUT2D eigenvalue weighted by atomic mass is 16.5. The second-order valence-corrected chi connectivity index (χ2v) is 4.62. The Bertz CT molecular complexity index is 696. The van der Waals surface area contributed by atoms with Crippen LogP contribution in [0.15, 0.2) is 42.5 Å². The Morgan fingerprint density at radius 1 is 1.05 bits per heavy atom. The Morgan fingerprint density at radius 3 is 2.43 bits per heavy atom. The fraction of sp³-hybridized carbons (Fsp3) is 0.125. The van der Waals surface area contributed by atoms with Crippen LogP contribution in [0.1, 0.15) is 31.8 Å². The number of benzene rings is 2. The fourth-order valence-corrected chi connectivity index (χ4v) is 1.98. The molecule has 2 rings (SSSR count). The van der Waals surface area contributed by atoms with Crippen LogP contribution in [0.4, 0.5) is 5.69 Å². The maximum Gasteiger partial charge on any atom is 0.338 e. The van der Waals surface area contributed by atoms with Crippen molar-refractivity contribution in [2.24, 2.45) is 5.73 Å². The average Bonchev–Trinajstić information content (AvgIpc) is 2.47. The predicted molar refractivity (Wildman–Crippen MR) is 79.7 cm³/mol. The van der Waals surface area contributed by atoms with E-state index in [1.54, 1.807) is 49.4 Å². The van der Waals surface area contributed by atoms with Gasteiger partial charge in [-0.05, 0) is 30.7 Å². The summed E-state index contributed by atoms with van der Waals surface area (Å²) in [6, 6.07) is 11.8. The highest BCUT2D eigenvalue weighted by molar-refractivity contribution is 5.95. The summed E-state index contributed by atoms with van der Waals surface area (Å²) in [4.78, 5) is 23.4. The summed E-state index contributed by atoms with van der Waals surface area (Å²) in [7, 11) is 0. The molecule has 0 heterocycles. The third kappa shape index (κ3) is 3.20. The van der Waals surface area contributed by atoms with Crippen molar-refractivity contribution >= 4 is 17.6 Å². The molecule has 0 unspecified atom stereocenters. The topological polar surface area (TPSA) is 95.4 Å². The number of ether oxygens (including phenoxy) is 1. The molecular weight excluding hydrogens is 268 g/mol. The number of hydrogen-bond donors (Lipinski definition) is 2. The van der Waals surface area contributed by atoms with E-state index in [2.05, 4.69) is 0 Å². The Balaban J connectivity index is 2.15. The molecule has 0 aliphatic carbocycles. The summed E-state index contributed by atoms with van der Waals surface area (Å²) in [5.74, 6) is -1.04. The number of esters is 1. The Hall–Kier alpha value is -2.82. The van der Waals surface area contributed by atoms with Crippen LogP contribution in [0.5, 0.6) is 0 Å². The first-order valence-electron chi connectivity index (χ1n) is 6.40. The summed E-state index contributed by atoms with van der Waals surface area (Å²) in [6.45, 7) is 1.73. The molecule has 0 aliphatic heterocycles. The van der Waals surface area contributed by atoms with E-state index in [4.69, 9.17) is 16.2 Å². The molecule has 0 radical (unpaired) electrons. The normalized spacial score (nSPS) is 10.1. The third-order valence-electron chi connectivity index (χ3n) is 3.24. The monoisotopic (exact) mass is 284 g/mol. The first-order chi connectivity index (χ1) is 10.0. The van der Waals surface area contributed by atoms with Crippen molar-refractivity contribution in [2.45, 2.75) is 13.5 Å². The number of carbonyl (C=O) groups is 2. The lowest BCUT2D eigenvalue weighted by atomic mass is 10.1. The van der Waals surface area contributed by atoms with Gasteiger partial charge in [0.15, 0.2) is 0 Å². The van der Waals surface area contributed by atoms with Crippen LogP contribution in [-0.4, -0.2) is 11.9 Å². The minimum atomic E-state index is -0.554. The van der Waals surface area contributed by atoms with Gasteiger partial charge in [0.2, 0.25) is 5.91 Å². The molecule has 1 amide bonds. The molecule has 21 heavy (non-hydrogen) atoms. The van der Waals surface area contributed by atoms with Crippen LogP contribution in [0.3, 0.4) is 0 Å². The van der Waals surface area contributed by atoms with Crippen molar-refractivity contribution in [2.75, 3.05) is 5.73 Å². The van der Waals surface area contributed by atoms with Gasteiger partial charge in [-0.2, -0.15) is 0 Å². The average molecular weight is 284 g/mol. The summed E-state index contributed by atoms with van der Waals surface area (Å²) in [5.41, 5.74) is 13.6. The molecule has 5 nitrogen and oxygen atoms in total. The summed E-state index contributed by atoms with van der Waals surface area (Å²) >= 11 is 0. The number of nitrogen functional groups attached to an aromatic ring is 1. The van der Waals surface area contributed by atoms with Crippen molar-refractivity contribution in [3.8, 4) is 0 Å². The van der Waals surface area contributed by atoms with Gasteiger partial charge in [0.1, 0.15) is 6.61 Å². The molecule has 5 heteroatoms. The fourth-order valence-electron chi connectivity index (χ4n) is 1.98. The van der Waals surface area contributed by atoms with E-state index in [1.165, 1.54) is 0 Å². The van der Waals surface area contributed by atoms with Crippen molar-refractivity contribution < 1.29 is 14.3 Å². The van der Waals surface area contributed by atoms with Crippen LogP contribution < -0.4 is 11.5 Å². The van der Waals surface area contributed by atoms with Crippen LogP contribution in [0.25, 0.3) is 0 Å². The standard InChI is InChI=1S/C16H16N2O3/c1-10-12(7-4-8-14(10)17)16(20)21-9-11-5-2-3-6-13(11)15(18)19/h2-8H,9,17H2,1H3,(H2,18,19). The predicted octanol–water partition coefficient (Wildman–Crippen LogP) is 2.03. The largest absolute Gasteiger partial charge is 0.457 e. The number of carbonyl (C=O) groups excluding carboxylic acids is 2. The van der Waals surface area contributed by atoms with Crippen LogP contribution in [0.2, 0.25) is 0 Å². The van der Waals surface area contributed by atoms with Gasteiger partial charge in [0.05, 0.1) is 5.56 Å². The minimum absolute atomic E-state index is 0.0216. The molecule has 0 spiro atoms. The zero-order chi connectivity index (χ0) is 15.4. The molecule has 0 bridgehead atoms. The second-order valence-electron chi connectivity index (χ2n) is 4.62. The smallest absolute Gasteiger partial charge is 0.338 e. The van der Waals surface area contributed by atoms with Crippen molar-refractivity contribution in [3.63, 3.8) is 0 Å². The molecule has 0 aromatic heterocycles. The van der Waals surface area contributed by atoms with Gasteiger partial charge in [-0.25, -0.2) is 4.79 Å². The van der Waals surface area contributed by atoms with Crippen molar-refractivity contribution in [1.82, 2.24) is 0 Å². The van der Waals surface area contributed by atoms with Crippen molar-refractivity contribution in [3.05, 3.63) is 64.7 Å². The number of hydrogen-bond acceptors (Lipinski definition) is 4. The van der Waals surface area contributed by atoms with Gasteiger partial charge < -0.3 is 16.2 Å². The third-order valence-corrected chi connectivity index (χ3v) is 3.24. The quantitative estimate of drug-likeness (QED) is 0.663. The van der Waals surface area contributed by atoms with Gasteiger partial charge in [-0.1, -0.05) is 24.3 Å². The molecule has 0 aliphatic rings. The van der Waals surface area contributed by atoms with E-state index >= 15 is 0 Å². The molecule has 4 N–H and O–H groups in total. The Kier molecular flexibility index (Phi) is 4.23. The highest BCUT2D eigenvalue weighted by Gasteiger charge is 2.14. The van der Waals surface area contributed by atoms with Crippen LogP contribution >= 0.6 is 0 Å². The maximum atomic E-state index is 12.1. The number of rotatable bonds is 4. The molecule has 2 aromatic rings. The van der Waals surface area contributed by atoms with Gasteiger partial charge in [0, 0.05) is 16.8 Å². The van der Waals surface area contributed by atoms with E-state index in [0.717, 1.165) is 0 Å². The minimum Gasteiger partial charge on any atom is -0.457 e. The van der Waals surface area contributed by atoms with E-state index in [1.807, 2.05) is 0 Å². The second kappa shape index (κ2) is 6.09. The Labute approximate surface area is 122 Å². The van der Waals surface area contributed by atoms with Gasteiger partial charge in [0.25, 0.3) is 0 Å². The molecule has 0 atom stereocenters. The number of primary amides is 1.